The molecule has 0 aromatic rings. The minimum atomic E-state index is -0.0712. The Hall–Kier alpha value is 0.190. The molecule has 0 saturated heterocycles. The molecule has 0 aromatic carbocycles. The smallest absolute Gasteiger partial charge is 0.151 e. The van der Waals surface area contributed by atoms with Crippen LogP contribution in [0, 0.1) is 11.3 Å². The lowest BCUT2D eigenvalue weighted by Crippen LogP contribution is -2.36. The first kappa shape index (κ1) is 18.2. The van der Waals surface area contributed by atoms with Gasteiger partial charge in [0.25, 0.3) is 0 Å². The number of carbonyl (C=O) groups is 1. The molecule has 0 aliphatic carbocycles. The Labute approximate surface area is 119 Å². The van der Waals surface area contributed by atoms with E-state index in [1.165, 1.54) is 11.9 Å². The van der Waals surface area contributed by atoms with Crippen molar-refractivity contribution in [1.82, 2.24) is 0 Å². The molecule has 0 aliphatic rings. The molecular formula is C15H30OPS+. The Kier molecular flexibility index (Phi) is 7.78. The zero-order chi connectivity index (χ0) is 14.4. The van der Waals surface area contributed by atoms with Gasteiger partial charge in [0.2, 0.25) is 0 Å². The number of rotatable bonds is 9. The fourth-order valence-electron chi connectivity index (χ4n) is 1.70. The van der Waals surface area contributed by atoms with E-state index in [1.807, 2.05) is 6.92 Å². The average molecular weight is 289 g/mol. The summed E-state index contributed by atoms with van der Waals surface area (Å²) in [6, 6.07) is 0. The lowest BCUT2D eigenvalue weighted by atomic mass is 9.76. The molecule has 0 N–H and O–H groups in total. The second-order valence-corrected chi connectivity index (χ2v) is 10.6. The van der Waals surface area contributed by atoms with Crippen LogP contribution in [0.4, 0.5) is 0 Å². The van der Waals surface area contributed by atoms with Gasteiger partial charge in [0.1, 0.15) is 6.29 Å². The fraction of sp³-hybridized carbons (Fsp3) is 0.867. The molecule has 1 nitrogen and oxygen atoms in total. The van der Waals surface area contributed by atoms with Gasteiger partial charge < -0.3 is 4.79 Å². The van der Waals surface area contributed by atoms with E-state index < -0.39 is 0 Å². The van der Waals surface area contributed by atoms with E-state index in [-0.39, 0.29) is 18.2 Å². The summed E-state index contributed by atoms with van der Waals surface area (Å²) in [5, 5.41) is 0. The SMILES string of the molecule is C=[P+](C)CSC(C)(C)C(C)(C)CCCC(C)C=O. The van der Waals surface area contributed by atoms with Crippen molar-refractivity contribution in [3.05, 3.63) is 0 Å². The number of hydrogen-bond acceptors (Lipinski definition) is 2. The van der Waals surface area contributed by atoms with Gasteiger partial charge in [-0.3, -0.25) is 0 Å². The van der Waals surface area contributed by atoms with Crippen molar-refractivity contribution in [1.29, 1.82) is 0 Å². The molecule has 0 heterocycles. The third-order valence-electron chi connectivity index (χ3n) is 3.97. The predicted molar refractivity (Wildman–Crippen MR) is 89.4 cm³/mol. The van der Waals surface area contributed by atoms with Gasteiger partial charge in [0, 0.05) is 10.7 Å². The molecule has 18 heavy (non-hydrogen) atoms. The molecule has 0 aromatic heterocycles. The van der Waals surface area contributed by atoms with Crippen LogP contribution in [0.15, 0.2) is 0 Å². The van der Waals surface area contributed by atoms with Crippen LogP contribution in [0.3, 0.4) is 0 Å². The third kappa shape index (κ3) is 6.38. The Morgan fingerprint density at radius 3 is 2.33 bits per heavy atom. The number of hydrogen-bond donors (Lipinski definition) is 0. The van der Waals surface area contributed by atoms with Crippen molar-refractivity contribution < 1.29 is 4.79 Å². The topological polar surface area (TPSA) is 17.1 Å². The number of thioether (sulfide) groups is 1. The minimum absolute atomic E-state index is 0.0712. The van der Waals surface area contributed by atoms with Crippen LogP contribution >= 0.6 is 19.3 Å². The van der Waals surface area contributed by atoms with Crippen molar-refractivity contribution in [2.75, 3.05) is 12.2 Å². The molecule has 3 heteroatoms. The maximum Gasteiger partial charge on any atom is 0.151 e. The molecule has 0 amide bonds. The first-order valence-electron chi connectivity index (χ1n) is 6.73. The summed E-state index contributed by atoms with van der Waals surface area (Å²) in [5.41, 5.74) is 1.47. The monoisotopic (exact) mass is 289 g/mol. The van der Waals surface area contributed by atoms with Crippen molar-refractivity contribution >= 4 is 31.9 Å². The minimum Gasteiger partial charge on any atom is -0.303 e. The van der Waals surface area contributed by atoms with Crippen LogP contribution in [0.2, 0.25) is 0 Å². The summed E-state index contributed by atoms with van der Waals surface area (Å²) in [6.07, 6.45) is 8.54. The number of aldehydes is 1. The predicted octanol–water partition coefficient (Wildman–Crippen LogP) is 5.03. The van der Waals surface area contributed by atoms with E-state index in [1.54, 1.807) is 0 Å². The first-order chi connectivity index (χ1) is 8.12. The Morgan fingerprint density at radius 1 is 1.33 bits per heavy atom. The summed E-state index contributed by atoms with van der Waals surface area (Å²) in [6.45, 7) is 13.6. The molecule has 0 radical (unpaired) electrons. The fourth-order valence-corrected chi connectivity index (χ4v) is 4.37. The van der Waals surface area contributed by atoms with Crippen molar-refractivity contribution in [3.63, 3.8) is 0 Å². The molecule has 106 valence electrons. The van der Waals surface area contributed by atoms with Gasteiger partial charge in [0.15, 0.2) is 5.49 Å². The quantitative estimate of drug-likeness (QED) is 0.437. The lowest BCUT2D eigenvalue weighted by molar-refractivity contribution is -0.110. The van der Waals surface area contributed by atoms with E-state index in [9.17, 15) is 4.79 Å². The van der Waals surface area contributed by atoms with Crippen molar-refractivity contribution in [2.24, 2.45) is 11.3 Å². The van der Waals surface area contributed by atoms with Gasteiger partial charge in [-0.2, -0.15) is 0 Å². The van der Waals surface area contributed by atoms with Gasteiger partial charge in [-0.15, -0.1) is 11.8 Å². The van der Waals surface area contributed by atoms with Crippen LogP contribution in [0.25, 0.3) is 0 Å². The summed E-state index contributed by atoms with van der Waals surface area (Å²) in [5.74, 6) is 0.208. The average Bonchev–Trinajstić information content (AvgIpc) is 2.25. The largest absolute Gasteiger partial charge is 0.303 e. The van der Waals surface area contributed by atoms with Gasteiger partial charge in [-0.1, -0.05) is 41.0 Å². The van der Waals surface area contributed by atoms with Crippen molar-refractivity contribution in [2.45, 2.75) is 58.6 Å². The van der Waals surface area contributed by atoms with Crippen LogP contribution in [0.1, 0.15) is 53.9 Å². The van der Waals surface area contributed by atoms with Crippen LogP contribution in [-0.2, 0) is 4.79 Å². The van der Waals surface area contributed by atoms with E-state index in [0.29, 0.717) is 5.41 Å². The zero-order valence-electron chi connectivity index (χ0n) is 13.0. The molecule has 0 rings (SSSR count). The Morgan fingerprint density at radius 2 is 1.89 bits per heavy atom. The maximum absolute atomic E-state index is 10.6. The molecule has 0 saturated carbocycles. The third-order valence-corrected chi connectivity index (χ3v) is 7.52. The van der Waals surface area contributed by atoms with Gasteiger partial charge >= 0.3 is 0 Å². The highest BCUT2D eigenvalue weighted by molar-refractivity contribution is 8.05. The lowest BCUT2D eigenvalue weighted by Gasteiger charge is -2.41. The zero-order valence-corrected chi connectivity index (χ0v) is 14.7. The Bertz CT molecular complexity index is 284. The van der Waals surface area contributed by atoms with Crippen LogP contribution in [0.5, 0.6) is 0 Å². The van der Waals surface area contributed by atoms with Crippen molar-refractivity contribution in [3.8, 4) is 0 Å². The van der Waals surface area contributed by atoms with Gasteiger partial charge in [-0.05, 0) is 18.3 Å². The second kappa shape index (κ2) is 7.70. The molecule has 0 bridgehead atoms. The van der Waals surface area contributed by atoms with E-state index in [0.717, 1.165) is 19.1 Å². The second-order valence-electron chi connectivity index (χ2n) is 6.53. The molecule has 2 unspecified atom stereocenters. The molecular weight excluding hydrogens is 259 g/mol. The normalized spacial score (nSPS) is 15.3. The summed E-state index contributed by atoms with van der Waals surface area (Å²) < 4.78 is 0.270. The maximum atomic E-state index is 10.6. The van der Waals surface area contributed by atoms with E-state index in [4.69, 9.17) is 0 Å². The molecule has 0 spiro atoms. The highest BCUT2D eigenvalue weighted by Gasteiger charge is 2.37. The van der Waals surface area contributed by atoms with Crippen LogP contribution < -0.4 is 0 Å². The summed E-state index contributed by atoms with van der Waals surface area (Å²) in [7, 11) is -0.0712. The highest BCUT2D eigenvalue weighted by atomic mass is 32.2. The van der Waals surface area contributed by atoms with Crippen LogP contribution in [-0.4, -0.2) is 29.5 Å². The first-order valence-corrected chi connectivity index (χ1v) is 9.88. The molecule has 2 atom stereocenters. The highest BCUT2D eigenvalue weighted by Crippen LogP contribution is 2.47. The molecule has 0 fully saturated rings. The Balaban J connectivity index is 4.31. The van der Waals surface area contributed by atoms with Gasteiger partial charge in [0.05, 0.1) is 20.5 Å². The van der Waals surface area contributed by atoms with Gasteiger partial charge in [-0.25, -0.2) is 0 Å². The summed E-state index contributed by atoms with van der Waals surface area (Å²) >= 11 is 2.06. The van der Waals surface area contributed by atoms with E-state index >= 15 is 0 Å². The standard InChI is InChI=1S/C15H30OPS/c1-13(11-16)9-8-10-14(2,3)15(4,5)18-12-17(6)7/h11,13H,6,8-10,12H2,1-5,7H3/q+1. The van der Waals surface area contributed by atoms with E-state index in [2.05, 4.69) is 52.4 Å². The molecule has 0 aliphatic heterocycles. The summed E-state index contributed by atoms with van der Waals surface area (Å²) in [4.78, 5) is 10.6. The number of carbonyl (C=O) groups excluding carboxylic acids is 1.